The average Bonchev–Trinajstić information content (AvgIpc) is 3.12. The molecule has 2 aromatic heterocycles. The Balaban J connectivity index is 1.51. The predicted octanol–water partition coefficient (Wildman–Crippen LogP) is 2.97. The highest BCUT2D eigenvalue weighted by molar-refractivity contribution is 7.15. The van der Waals surface area contributed by atoms with Crippen molar-refractivity contribution in [1.82, 2.24) is 9.38 Å². The first-order valence-corrected chi connectivity index (χ1v) is 8.15. The molecular weight excluding hydrogens is 316 g/mol. The van der Waals surface area contributed by atoms with Crippen LogP contribution in [0, 0.1) is 16.0 Å². The van der Waals surface area contributed by atoms with Gasteiger partial charge in [0.05, 0.1) is 6.61 Å². The van der Waals surface area contributed by atoms with E-state index in [2.05, 4.69) is 16.4 Å². The number of ether oxygens (including phenoxy) is 1. The van der Waals surface area contributed by atoms with Gasteiger partial charge in [0.1, 0.15) is 11.9 Å². The largest absolute Gasteiger partial charge is 0.493 e. The van der Waals surface area contributed by atoms with Crippen molar-refractivity contribution in [2.24, 2.45) is 5.92 Å². The number of hydrogen-bond donors (Lipinski definition) is 1. The highest BCUT2D eigenvalue weighted by Crippen LogP contribution is 2.30. The lowest BCUT2D eigenvalue weighted by Gasteiger charge is -2.25. The fourth-order valence-corrected chi connectivity index (χ4v) is 3.54. The first kappa shape index (κ1) is 14.0. The van der Waals surface area contributed by atoms with Crippen molar-refractivity contribution in [3.63, 3.8) is 0 Å². The van der Waals surface area contributed by atoms with Gasteiger partial charge in [0.15, 0.2) is 0 Å². The molecule has 1 aliphatic heterocycles. The number of imidazole rings is 1. The van der Waals surface area contributed by atoms with Gasteiger partial charge in [-0.25, -0.2) is 0 Å². The topological polar surface area (TPSA) is 81.7 Å². The van der Waals surface area contributed by atoms with Gasteiger partial charge in [0.25, 0.3) is 4.96 Å². The van der Waals surface area contributed by atoms with Crippen LogP contribution in [0.2, 0.25) is 0 Å². The summed E-state index contributed by atoms with van der Waals surface area (Å²) in [5.41, 5.74) is 1.17. The van der Waals surface area contributed by atoms with Gasteiger partial charge in [-0.15, -0.1) is 0 Å². The van der Waals surface area contributed by atoms with Crippen LogP contribution in [0.15, 0.2) is 35.8 Å². The van der Waals surface area contributed by atoms with E-state index in [1.165, 1.54) is 21.3 Å². The smallest absolute Gasteiger partial charge is 0.372 e. The maximum atomic E-state index is 11.3. The Bertz CT molecular complexity index is 873. The quantitative estimate of drug-likeness (QED) is 0.587. The van der Waals surface area contributed by atoms with Crippen LogP contribution in [0.5, 0.6) is 5.75 Å². The monoisotopic (exact) mass is 330 g/mol. The number of fused-ring (bicyclic) bond motifs is 2. The summed E-state index contributed by atoms with van der Waals surface area (Å²) < 4.78 is 7.25. The molecule has 0 saturated heterocycles. The van der Waals surface area contributed by atoms with E-state index < -0.39 is 4.92 Å². The third-order valence-corrected chi connectivity index (χ3v) is 4.68. The number of para-hydroxylation sites is 1. The number of nitrogens with zero attached hydrogens (tertiary/aromatic N) is 3. The Hall–Kier alpha value is -2.61. The molecule has 0 amide bonds. The Morgan fingerprint density at radius 1 is 1.48 bits per heavy atom. The molecule has 1 N–H and O–H groups in total. The van der Waals surface area contributed by atoms with Crippen LogP contribution >= 0.6 is 11.3 Å². The van der Waals surface area contributed by atoms with Crippen molar-refractivity contribution >= 4 is 27.9 Å². The van der Waals surface area contributed by atoms with E-state index in [1.807, 2.05) is 18.2 Å². The number of nitro groups is 1. The molecule has 0 bridgehead atoms. The Kier molecular flexibility index (Phi) is 3.38. The molecule has 0 fully saturated rings. The molecule has 1 atom stereocenters. The van der Waals surface area contributed by atoms with E-state index in [4.69, 9.17) is 4.74 Å². The van der Waals surface area contributed by atoms with Crippen LogP contribution in [-0.2, 0) is 6.42 Å². The van der Waals surface area contributed by atoms with Crippen LogP contribution in [-0.4, -0.2) is 27.5 Å². The van der Waals surface area contributed by atoms with Gasteiger partial charge in [-0.2, -0.15) is 9.38 Å². The summed E-state index contributed by atoms with van der Waals surface area (Å²) in [5.74, 6) is 1.49. The fourth-order valence-electron chi connectivity index (χ4n) is 2.83. The first-order valence-electron chi connectivity index (χ1n) is 7.27. The molecule has 1 aromatic carbocycles. The number of aromatic nitrogens is 2. The summed E-state index contributed by atoms with van der Waals surface area (Å²) in [6, 6.07) is 7.97. The maximum Gasteiger partial charge on any atom is 0.372 e. The van der Waals surface area contributed by atoms with Gasteiger partial charge < -0.3 is 20.2 Å². The second kappa shape index (κ2) is 5.54. The summed E-state index contributed by atoms with van der Waals surface area (Å²) in [4.78, 5) is 15.8. The molecule has 3 aromatic rings. The molecule has 23 heavy (non-hydrogen) atoms. The molecule has 3 heterocycles. The van der Waals surface area contributed by atoms with Gasteiger partial charge in [0.2, 0.25) is 5.82 Å². The highest BCUT2D eigenvalue weighted by atomic mass is 32.1. The third-order valence-electron chi connectivity index (χ3n) is 3.92. The summed E-state index contributed by atoms with van der Waals surface area (Å²) in [6.07, 6.45) is 2.55. The summed E-state index contributed by atoms with van der Waals surface area (Å²) >= 11 is 1.37. The molecule has 1 unspecified atom stereocenters. The molecule has 4 rings (SSSR count). The van der Waals surface area contributed by atoms with Crippen LogP contribution in [0.3, 0.4) is 0 Å². The predicted molar refractivity (Wildman–Crippen MR) is 87.3 cm³/mol. The molecule has 118 valence electrons. The maximum absolute atomic E-state index is 11.3. The zero-order valence-electron chi connectivity index (χ0n) is 12.1. The van der Waals surface area contributed by atoms with Crippen molar-refractivity contribution in [2.75, 3.05) is 18.5 Å². The second-order valence-electron chi connectivity index (χ2n) is 5.47. The number of benzene rings is 1. The summed E-state index contributed by atoms with van der Waals surface area (Å²) in [7, 11) is 0. The van der Waals surface area contributed by atoms with Crippen molar-refractivity contribution in [3.8, 4) is 5.75 Å². The molecule has 0 saturated carbocycles. The van der Waals surface area contributed by atoms with E-state index in [1.54, 1.807) is 11.6 Å². The van der Waals surface area contributed by atoms with Gasteiger partial charge in [0, 0.05) is 17.8 Å². The van der Waals surface area contributed by atoms with E-state index in [9.17, 15) is 10.1 Å². The van der Waals surface area contributed by atoms with Crippen molar-refractivity contribution in [2.45, 2.75) is 6.42 Å². The van der Waals surface area contributed by atoms with E-state index in [-0.39, 0.29) is 11.7 Å². The zero-order valence-corrected chi connectivity index (χ0v) is 13.0. The highest BCUT2D eigenvalue weighted by Gasteiger charge is 2.25. The lowest BCUT2D eigenvalue weighted by molar-refractivity contribution is -0.389. The lowest BCUT2D eigenvalue weighted by Crippen LogP contribution is -2.27. The minimum Gasteiger partial charge on any atom is -0.493 e. The van der Waals surface area contributed by atoms with Gasteiger partial charge in [-0.05, 0) is 23.0 Å². The minimum absolute atomic E-state index is 0.0154. The molecule has 0 aliphatic carbocycles. The van der Waals surface area contributed by atoms with Crippen LogP contribution < -0.4 is 10.1 Å². The van der Waals surface area contributed by atoms with Gasteiger partial charge >= 0.3 is 5.82 Å². The Morgan fingerprint density at radius 3 is 3.22 bits per heavy atom. The molecule has 0 spiro atoms. The standard InChI is InChI=1S/C15H14N4O3S/c20-19(21)14-13(17-15-18(14)5-6-23-15)16-8-10-7-11-3-1-2-4-12(11)22-9-10/h1-6,10,16H,7-9H2. The number of thiazole rings is 1. The molecule has 1 aliphatic rings. The number of nitrogens with one attached hydrogen (secondary N) is 1. The SMILES string of the molecule is O=[N+]([O-])c1c(NCC2COc3ccccc3C2)nc2sccn12. The summed E-state index contributed by atoms with van der Waals surface area (Å²) in [6.45, 7) is 1.18. The number of anilines is 1. The fraction of sp³-hybridized carbons (Fsp3) is 0.267. The van der Waals surface area contributed by atoms with Gasteiger partial charge in [-0.3, -0.25) is 0 Å². The van der Waals surface area contributed by atoms with E-state index in [0.29, 0.717) is 23.9 Å². The number of rotatable bonds is 4. The average molecular weight is 330 g/mol. The van der Waals surface area contributed by atoms with Crippen LogP contribution in [0.1, 0.15) is 5.56 Å². The van der Waals surface area contributed by atoms with Crippen molar-refractivity contribution in [3.05, 3.63) is 51.5 Å². The summed E-state index contributed by atoms with van der Waals surface area (Å²) in [5, 5.41) is 16.2. The molecule has 8 heteroatoms. The van der Waals surface area contributed by atoms with Gasteiger partial charge in [-0.1, -0.05) is 29.5 Å². The lowest BCUT2D eigenvalue weighted by atomic mass is 9.97. The van der Waals surface area contributed by atoms with E-state index >= 15 is 0 Å². The van der Waals surface area contributed by atoms with Crippen LogP contribution in [0.4, 0.5) is 11.6 Å². The Labute approximate surface area is 135 Å². The third kappa shape index (κ3) is 2.50. The van der Waals surface area contributed by atoms with E-state index in [0.717, 1.165) is 12.2 Å². The molecule has 7 nitrogen and oxygen atoms in total. The Morgan fingerprint density at radius 2 is 2.35 bits per heavy atom. The van der Waals surface area contributed by atoms with Crippen molar-refractivity contribution < 1.29 is 9.66 Å². The minimum atomic E-state index is -0.401. The second-order valence-corrected chi connectivity index (χ2v) is 6.34. The normalized spacial score (nSPS) is 16.8. The van der Waals surface area contributed by atoms with Crippen LogP contribution in [0.25, 0.3) is 4.96 Å². The molecule has 0 radical (unpaired) electrons. The molecular formula is C15H14N4O3S. The first-order chi connectivity index (χ1) is 11.2. The van der Waals surface area contributed by atoms with Crippen molar-refractivity contribution in [1.29, 1.82) is 0 Å². The number of hydrogen-bond acceptors (Lipinski definition) is 6. The zero-order chi connectivity index (χ0) is 15.8.